The lowest BCUT2D eigenvalue weighted by molar-refractivity contribution is 0.0685. The summed E-state index contributed by atoms with van der Waals surface area (Å²) >= 11 is 0. The van der Waals surface area contributed by atoms with Gasteiger partial charge in [0.1, 0.15) is 5.75 Å². The molecule has 1 aromatic heterocycles. The highest BCUT2D eigenvalue weighted by Crippen LogP contribution is 2.29. The van der Waals surface area contributed by atoms with Crippen LogP contribution in [0, 0.1) is 0 Å². The van der Waals surface area contributed by atoms with Gasteiger partial charge in [0.05, 0.1) is 7.11 Å². The molecule has 1 N–H and O–H groups in total. The van der Waals surface area contributed by atoms with Crippen LogP contribution in [-0.2, 0) is 6.42 Å². The van der Waals surface area contributed by atoms with Gasteiger partial charge in [-0.3, -0.25) is 0 Å². The fourth-order valence-corrected chi connectivity index (χ4v) is 1.80. The van der Waals surface area contributed by atoms with Crippen LogP contribution in [0.2, 0.25) is 0 Å². The number of methoxy groups -OCH3 is 1. The van der Waals surface area contributed by atoms with Crippen molar-refractivity contribution >= 4 is 5.97 Å². The largest absolute Gasteiger partial charge is 0.497 e. The summed E-state index contributed by atoms with van der Waals surface area (Å²) in [4.78, 5) is 11.0. The Kier molecular flexibility index (Phi) is 3.32. The van der Waals surface area contributed by atoms with Crippen molar-refractivity contribution in [2.75, 3.05) is 7.11 Å². The van der Waals surface area contributed by atoms with E-state index in [1.807, 2.05) is 25.1 Å². The van der Waals surface area contributed by atoms with Crippen LogP contribution in [-0.4, -0.2) is 23.3 Å². The van der Waals surface area contributed by atoms with E-state index in [0.717, 1.165) is 5.56 Å². The number of hydrogen-bond donors (Lipinski definition) is 1. The molecule has 94 valence electrons. The molecule has 1 heterocycles. The molecule has 0 aliphatic rings. The van der Waals surface area contributed by atoms with Gasteiger partial charge in [0, 0.05) is 11.1 Å². The van der Waals surface area contributed by atoms with Crippen molar-refractivity contribution in [1.82, 2.24) is 5.16 Å². The summed E-state index contributed by atoms with van der Waals surface area (Å²) < 4.78 is 10.3. The quantitative estimate of drug-likeness (QED) is 0.899. The number of aromatic nitrogens is 1. The molecule has 0 fully saturated rings. The molecule has 0 atom stereocenters. The third-order valence-electron chi connectivity index (χ3n) is 2.68. The maximum atomic E-state index is 11.0. The number of rotatable bonds is 4. The minimum absolute atomic E-state index is 0.0321. The van der Waals surface area contributed by atoms with E-state index in [2.05, 4.69) is 5.16 Å². The maximum absolute atomic E-state index is 11.0. The first kappa shape index (κ1) is 12.2. The second-order valence-corrected chi connectivity index (χ2v) is 3.73. The third-order valence-corrected chi connectivity index (χ3v) is 2.68. The molecule has 0 amide bonds. The van der Waals surface area contributed by atoms with Crippen LogP contribution >= 0.6 is 0 Å². The van der Waals surface area contributed by atoms with Crippen LogP contribution in [0.25, 0.3) is 11.3 Å². The van der Waals surface area contributed by atoms with Gasteiger partial charge < -0.3 is 14.4 Å². The van der Waals surface area contributed by atoms with Gasteiger partial charge in [-0.2, -0.15) is 0 Å². The number of carbonyl (C=O) groups is 1. The molecule has 1 aromatic carbocycles. The number of aromatic carboxylic acids is 1. The van der Waals surface area contributed by atoms with Crippen LogP contribution in [0.5, 0.6) is 5.75 Å². The van der Waals surface area contributed by atoms with Crippen molar-refractivity contribution < 1.29 is 19.2 Å². The lowest BCUT2D eigenvalue weighted by atomic mass is 10.0. The third kappa shape index (κ3) is 2.07. The highest BCUT2D eigenvalue weighted by atomic mass is 16.5. The average molecular weight is 247 g/mol. The summed E-state index contributed by atoms with van der Waals surface area (Å²) in [6, 6.07) is 7.24. The number of benzene rings is 1. The lowest BCUT2D eigenvalue weighted by Crippen LogP contribution is -2.00. The Morgan fingerprint density at radius 3 is 2.89 bits per heavy atom. The Morgan fingerprint density at radius 2 is 2.28 bits per heavy atom. The van der Waals surface area contributed by atoms with Gasteiger partial charge in [-0.15, -0.1) is 0 Å². The van der Waals surface area contributed by atoms with Crippen LogP contribution in [0.15, 0.2) is 28.8 Å². The van der Waals surface area contributed by atoms with Crippen molar-refractivity contribution in [3.8, 4) is 17.1 Å². The summed E-state index contributed by atoms with van der Waals surface area (Å²) in [7, 11) is 1.57. The molecule has 5 nitrogen and oxygen atoms in total. The second kappa shape index (κ2) is 4.91. The number of carboxylic acid groups (broad SMARTS) is 1. The van der Waals surface area contributed by atoms with Crippen LogP contribution < -0.4 is 4.74 Å². The molecular formula is C13H13NO4. The first-order valence-corrected chi connectivity index (χ1v) is 5.53. The zero-order valence-corrected chi connectivity index (χ0v) is 10.1. The molecule has 0 bridgehead atoms. The van der Waals surface area contributed by atoms with E-state index < -0.39 is 5.97 Å². The minimum Gasteiger partial charge on any atom is -0.497 e. The van der Waals surface area contributed by atoms with E-state index in [1.54, 1.807) is 13.2 Å². The van der Waals surface area contributed by atoms with Crippen molar-refractivity contribution in [3.63, 3.8) is 0 Å². The molecule has 0 aliphatic carbocycles. The Hall–Kier alpha value is -2.30. The molecule has 0 radical (unpaired) electrons. The molecule has 0 saturated carbocycles. The smallest absolute Gasteiger partial charge is 0.358 e. The predicted molar refractivity (Wildman–Crippen MR) is 64.8 cm³/mol. The van der Waals surface area contributed by atoms with E-state index in [4.69, 9.17) is 14.4 Å². The SMILES string of the molecule is CCc1c(C(=O)O)noc1-c1cccc(OC)c1. The van der Waals surface area contributed by atoms with E-state index in [-0.39, 0.29) is 5.69 Å². The van der Waals surface area contributed by atoms with Crippen LogP contribution in [0.1, 0.15) is 23.0 Å². The monoisotopic (exact) mass is 247 g/mol. The summed E-state index contributed by atoms with van der Waals surface area (Å²) in [5.74, 6) is 0.0846. The predicted octanol–water partition coefficient (Wildman–Crippen LogP) is 2.61. The van der Waals surface area contributed by atoms with E-state index in [0.29, 0.717) is 23.5 Å². The van der Waals surface area contributed by atoms with Gasteiger partial charge in [-0.05, 0) is 18.6 Å². The maximum Gasteiger partial charge on any atom is 0.358 e. The van der Waals surface area contributed by atoms with Gasteiger partial charge in [-0.1, -0.05) is 24.2 Å². The first-order valence-electron chi connectivity index (χ1n) is 5.53. The summed E-state index contributed by atoms with van der Waals surface area (Å²) in [6.45, 7) is 1.86. The van der Waals surface area contributed by atoms with Gasteiger partial charge in [0.15, 0.2) is 11.5 Å². The van der Waals surface area contributed by atoms with E-state index in [9.17, 15) is 4.79 Å². The fourth-order valence-electron chi connectivity index (χ4n) is 1.80. The van der Waals surface area contributed by atoms with Gasteiger partial charge in [-0.25, -0.2) is 4.79 Å². The molecule has 0 saturated heterocycles. The second-order valence-electron chi connectivity index (χ2n) is 3.73. The normalized spacial score (nSPS) is 10.3. The molecular weight excluding hydrogens is 234 g/mol. The number of carboxylic acids is 1. The molecule has 0 aliphatic heterocycles. The minimum atomic E-state index is -1.08. The highest BCUT2D eigenvalue weighted by Gasteiger charge is 2.21. The molecule has 2 rings (SSSR count). The average Bonchev–Trinajstić information content (AvgIpc) is 2.82. The topological polar surface area (TPSA) is 72.6 Å². The molecule has 0 spiro atoms. The number of hydrogen-bond acceptors (Lipinski definition) is 4. The zero-order chi connectivity index (χ0) is 13.1. The molecule has 18 heavy (non-hydrogen) atoms. The van der Waals surface area contributed by atoms with E-state index in [1.165, 1.54) is 0 Å². The highest BCUT2D eigenvalue weighted by molar-refractivity contribution is 5.89. The first-order chi connectivity index (χ1) is 8.67. The molecule has 2 aromatic rings. The van der Waals surface area contributed by atoms with Crippen molar-refractivity contribution in [2.24, 2.45) is 0 Å². The lowest BCUT2D eigenvalue weighted by Gasteiger charge is -2.03. The molecule has 0 unspecified atom stereocenters. The van der Waals surface area contributed by atoms with Gasteiger partial charge in [0.2, 0.25) is 0 Å². The fraction of sp³-hybridized carbons (Fsp3) is 0.231. The summed E-state index contributed by atoms with van der Waals surface area (Å²) in [6.07, 6.45) is 0.539. The van der Waals surface area contributed by atoms with Crippen LogP contribution in [0.4, 0.5) is 0 Å². The zero-order valence-electron chi connectivity index (χ0n) is 10.1. The number of ether oxygens (including phenoxy) is 1. The summed E-state index contributed by atoms with van der Waals surface area (Å²) in [5, 5.41) is 12.6. The molecule has 5 heteroatoms. The van der Waals surface area contributed by atoms with Crippen molar-refractivity contribution in [2.45, 2.75) is 13.3 Å². The number of nitrogens with zero attached hydrogens (tertiary/aromatic N) is 1. The van der Waals surface area contributed by atoms with Gasteiger partial charge >= 0.3 is 5.97 Å². The van der Waals surface area contributed by atoms with Crippen molar-refractivity contribution in [1.29, 1.82) is 0 Å². The van der Waals surface area contributed by atoms with Gasteiger partial charge in [0.25, 0.3) is 0 Å². The standard InChI is InChI=1S/C13H13NO4/c1-3-10-11(13(15)16)14-18-12(10)8-5-4-6-9(7-8)17-2/h4-7H,3H2,1-2H3,(H,15,16). The Labute approximate surface area is 104 Å². The van der Waals surface area contributed by atoms with Crippen LogP contribution in [0.3, 0.4) is 0 Å². The van der Waals surface area contributed by atoms with E-state index >= 15 is 0 Å². The Bertz CT molecular complexity index is 574. The Morgan fingerprint density at radius 1 is 1.50 bits per heavy atom. The van der Waals surface area contributed by atoms with Crippen molar-refractivity contribution in [3.05, 3.63) is 35.5 Å². The Balaban J connectivity index is 2.53. The summed E-state index contributed by atoms with van der Waals surface area (Å²) in [5.41, 5.74) is 1.32.